The van der Waals surface area contributed by atoms with Crippen LogP contribution in [0.5, 0.6) is 0 Å². The Labute approximate surface area is 150 Å². The molecular weight excluding hydrogens is 338 g/mol. The van der Waals surface area contributed by atoms with E-state index < -0.39 is 0 Å². The first-order valence-corrected chi connectivity index (χ1v) is 9.27. The predicted octanol–water partition coefficient (Wildman–Crippen LogP) is 1.60. The van der Waals surface area contributed by atoms with Gasteiger partial charge in [-0.3, -0.25) is 8.97 Å². The highest BCUT2D eigenvalue weighted by molar-refractivity contribution is 7.98. The number of fused-ring (bicyclic) bond motifs is 1. The maximum atomic E-state index is 5.40. The van der Waals surface area contributed by atoms with Gasteiger partial charge in [0.1, 0.15) is 0 Å². The van der Waals surface area contributed by atoms with Gasteiger partial charge in [0.15, 0.2) is 5.16 Å². The van der Waals surface area contributed by atoms with Crippen LogP contribution in [0.25, 0.3) is 5.78 Å². The Morgan fingerprint density at radius 1 is 1.16 bits per heavy atom. The average molecular weight is 359 g/mol. The van der Waals surface area contributed by atoms with Crippen LogP contribution < -0.4 is 4.90 Å². The van der Waals surface area contributed by atoms with Gasteiger partial charge in [-0.05, 0) is 19.9 Å². The van der Waals surface area contributed by atoms with Gasteiger partial charge >= 0.3 is 0 Å². The van der Waals surface area contributed by atoms with E-state index >= 15 is 0 Å². The summed E-state index contributed by atoms with van der Waals surface area (Å²) in [5, 5.41) is 9.57. The van der Waals surface area contributed by atoms with E-state index in [4.69, 9.17) is 4.74 Å². The SMILES string of the molecule is Cc1cc(C)n2cc(CSc3nnc(N4CCOCC4)n3C)nc2n1. The minimum Gasteiger partial charge on any atom is -0.378 e. The summed E-state index contributed by atoms with van der Waals surface area (Å²) in [6.45, 7) is 7.24. The van der Waals surface area contributed by atoms with Crippen molar-refractivity contribution >= 4 is 23.5 Å². The number of aromatic nitrogens is 6. The summed E-state index contributed by atoms with van der Waals surface area (Å²) in [6, 6.07) is 2.06. The number of imidazole rings is 1. The summed E-state index contributed by atoms with van der Waals surface area (Å²) >= 11 is 1.64. The van der Waals surface area contributed by atoms with Gasteiger partial charge in [-0.15, -0.1) is 10.2 Å². The van der Waals surface area contributed by atoms with E-state index in [0.717, 1.165) is 66.0 Å². The Morgan fingerprint density at radius 2 is 1.96 bits per heavy atom. The number of aryl methyl sites for hydroxylation is 2. The first-order valence-electron chi connectivity index (χ1n) is 8.29. The van der Waals surface area contributed by atoms with E-state index in [0.29, 0.717) is 0 Å². The number of ether oxygens (including phenoxy) is 1. The number of hydrogen-bond donors (Lipinski definition) is 0. The second-order valence-electron chi connectivity index (χ2n) is 6.17. The van der Waals surface area contributed by atoms with Crippen LogP contribution in [-0.4, -0.2) is 55.4 Å². The quantitative estimate of drug-likeness (QED) is 0.655. The van der Waals surface area contributed by atoms with Crippen molar-refractivity contribution in [2.24, 2.45) is 7.05 Å². The molecule has 8 nitrogen and oxygen atoms in total. The molecule has 0 bridgehead atoms. The molecule has 1 aliphatic rings. The van der Waals surface area contributed by atoms with Crippen molar-refractivity contribution in [3.8, 4) is 0 Å². The first kappa shape index (κ1) is 16.3. The molecule has 3 aromatic heterocycles. The molecule has 25 heavy (non-hydrogen) atoms. The summed E-state index contributed by atoms with van der Waals surface area (Å²) in [6.07, 6.45) is 2.05. The highest BCUT2D eigenvalue weighted by Crippen LogP contribution is 2.24. The average Bonchev–Trinajstić information content (AvgIpc) is 3.17. The third-order valence-corrected chi connectivity index (χ3v) is 5.32. The molecule has 0 saturated carbocycles. The van der Waals surface area contributed by atoms with Crippen LogP contribution >= 0.6 is 11.8 Å². The molecule has 4 rings (SSSR count). The molecule has 0 aliphatic carbocycles. The van der Waals surface area contributed by atoms with Crippen LogP contribution in [0.2, 0.25) is 0 Å². The Balaban J connectivity index is 1.50. The van der Waals surface area contributed by atoms with Crippen molar-refractivity contribution in [1.82, 2.24) is 29.1 Å². The maximum absolute atomic E-state index is 5.40. The van der Waals surface area contributed by atoms with E-state index in [1.54, 1.807) is 11.8 Å². The Hall–Kier alpha value is -2.13. The number of anilines is 1. The van der Waals surface area contributed by atoms with Crippen molar-refractivity contribution in [1.29, 1.82) is 0 Å². The highest BCUT2D eigenvalue weighted by atomic mass is 32.2. The van der Waals surface area contributed by atoms with Crippen LogP contribution in [-0.2, 0) is 17.5 Å². The molecule has 132 valence electrons. The standard InChI is InChI=1S/C16H21N7OS/c1-11-8-12(2)23-9-13(18-14(23)17-11)10-25-16-20-19-15(21(16)3)22-4-6-24-7-5-22/h8-9H,4-7,10H2,1-3H3. The lowest BCUT2D eigenvalue weighted by Crippen LogP contribution is -2.37. The van der Waals surface area contributed by atoms with Crippen molar-refractivity contribution in [3.63, 3.8) is 0 Å². The molecule has 0 N–H and O–H groups in total. The lowest BCUT2D eigenvalue weighted by Gasteiger charge is -2.27. The second kappa shape index (κ2) is 6.64. The molecule has 0 radical (unpaired) electrons. The Morgan fingerprint density at radius 3 is 2.76 bits per heavy atom. The van der Waals surface area contributed by atoms with Gasteiger partial charge < -0.3 is 9.64 Å². The van der Waals surface area contributed by atoms with E-state index in [1.165, 1.54) is 0 Å². The minimum absolute atomic E-state index is 0.733. The zero-order valence-electron chi connectivity index (χ0n) is 14.6. The van der Waals surface area contributed by atoms with E-state index in [-0.39, 0.29) is 0 Å². The van der Waals surface area contributed by atoms with E-state index in [1.807, 2.05) is 29.1 Å². The third kappa shape index (κ3) is 3.21. The molecule has 1 fully saturated rings. The summed E-state index contributed by atoms with van der Waals surface area (Å²) in [7, 11) is 2.01. The van der Waals surface area contributed by atoms with Crippen LogP contribution in [0.1, 0.15) is 17.1 Å². The van der Waals surface area contributed by atoms with Crippen molar-refractivity contribution in [2.45, 2.75) is 24.8 Å². The highest BCUT2D eigenvalue weighted by Gasteiger charge is 2.18. The molecule has 3 aromatic rings. The fourth-order valence-electron chi connectivity index (χ4n) is 3.00. The monoisotopic (exact) mass is 359 g/mol. The van der Waals surface area contributed by atoms with Gasteiger partial charge in [0, 0.05) is 43.5 Å². The Kier molecular flexibility index (Phi) is 4.34. The Bertz CT molecular complexity index is 897. The lowest BCUT2D eigenvalue weighted by atomic mass is 10.3. The molecule has 0 unspecified atom stereocenters. The zero-order valence-corrected chi connectivity index (χ0v) is 15.5. The van der Waals surface area contributed by atoms with E-state index in [9.17, 15) is 0 Å². The van der Waals surface area contributed by atoms with Gasteiger partial charge in [0.25, 0.3) is 0 Å². The summed E-state index contributed by atoms with van der Waals surface area (Å²) in [5.41, 5.74) is 3.11. The number of rotatable bonds is 4. The van der Waals surface area contributed by atoms with Crippen molar-refractivity contribution in [3.05, 3.63) is 29.3 Å². The molecule has 0 amide bonds. The normalized spacial score (nSPS) is 15.2. The molecule has 0 aromatic carbocycles. The largest absolute Gasteiger partial charge is 0.378 e. The third-order valence-electron chi connectivity index (χ3n) is 4.27. The first-order chi connectivity index (χ1) is 12.1. The van der Waals surface area contributed by atoms with Crippen LogP contribution in [0.4, 0.5) is 5.95 Å². The molecule has 9 heteroatoms. The number of morpholine rings is 1. The molecule has 1 aliphatic heterocycles. The fourth-order valence-corrected chi connectivity index (χ4v) is 3.79. The van der Waals surface area contributed by atoms with Crippen molar-refractivity contribution < 1.29 is 4.74 Å². The summed E-state index contributed by atoms with van der Waals surface area (Å²) in [4.78, 5) is 11.3. The molecule has 4 heterocycles. The zero-order chi connectivity index (χ0) is 17.4. The minimum atomic E-state index is 0.733. The topological polar surface area (TPSA) is 73.4 Å². The summed E-state index contributed by atoms with van der Waals surface area (Å²) < 4.78 is 9.47. The molecule has 0 spiro atoms. The van der Waals surface area contributed by atoms with Crippen LogP contribution in [0.3, 0.4) is 0 Å². The van der Waals surface area contributed by atoms with Gasteiger partial charge in [-0.25, -0.2) is 9.97 Å². The number of thioether (sulfide) groups is 1. The van der Waals surface area contributed by atoms with Gasteiger partial charge in [-0.1, -0.05) is 11.8 Å². The van der Waals surface area contributed by atoms with Gasteiger partial charge in [-0.2, -0.15) is 0 Å². The smallest absolute Gasteiger partial charge is 0.234 e. The lowest BCUT2D eigenvalue weighted by molar-refractivity contribution is 0.121. The second-order valence-corrected chi connectivity index (χ2v) is 7.11. The predicted molar refractivity (Wildman–Crippen MR) is 96.1 cm³/mol. The number of nitrogens with zero attached hydrogens (tertiary/aromatic N) is 7. The fraction of sp³-hybridized carbons (Fsp3) is 0.500. The van der Waals surface area contributed by atoms with Crippen molar-refractivity contribution in [2.75, 3.05) is 31.2 Å². The molecule has 1 saturated heterocycles. The molecular formula is C16H21N7OS. The van der Waals surface area contributed by atoms with E-state index in [2.05, 4.69) is 38.1 Å². The van der Waals surface area contributed by atoms with Crippen LogP contribution in [0.15, 0.2) is 17.4 Å². The summed E-state index contributed by atoms with van der Waals surface area (Å²) in [5.74, 6) is 2.38. The van der Waals surface area contributed by atoms with Gasteiger partial charge in [0.05, 0.1) is 18.9 Å². The van der Waals surface area contributed by atoms with Gasteiger partial charge in [0.2, 0.25) is 11.7 Å². The maximum Gasteiger partial charge on any atom is 0.234 e. The van der Waals surface area contributed by atoms with Crippen LogP contribution in [0, 0.1) is 13.8 Å². The number of hydrogen-bond acceptors (Lipinski definition) is 7. The molecule has 0 atom stereocenters.